The molecule has 6 heteroatoms. The van der Waals surface area contributed by atoms with Crippen molar-refractivity contribution in [2.45, 2.75) is 6.54 Å². The van der Waals surface area contributed by atoms with E-state index in [0.29, 0.717) is 6.54 Å². The maximum atomic E-state index is 12.1. The Balaban J connectivity index is 1.78. The predicted molar refractivity (Wildman–Crippen MR) is 84.8 cm³/mol. The van der Waals surface area contributed by atoms with E-state index in [0.717, 1.165) is 22.0 Å². The summed E-state index contributed by atoms with van der Waals surface area (Å²) in [7, 11) is 0. The molecular formula is C17H12N4O2. The van der Waals surface area contributed by atoms with E-state index >= 15 is 0 Å². The van der Waals surface area contributed by atoms with Gasteiger partial charge in [-0.25, -0.2) is 4.79 Å². The first kappa shape index (κ1) is 13.4. The van der Waals surface area contributed by atoms with E-state index in [1.54, 1.807) is 18.6 Å². The average molecular weight is 304 g/mol. The Labute approximate surface area is 131 Å². The molecule has 0 aliphatic carbocycles. The van der Waals surface area contributed by atoms with Crippen molar-refractivity contribution >= 4 is 10.9 Å². The fraction of sp³-hybridized carbons (Fsp3) is 0.0588. The molecule has 1 aromatic carbocycles. The summed E-state index contributed by atoms with van der Waals surface area (Å²) in [5.74, 6) is -0.206. The van der Waals surface area contributed by atoms with E-state index in [1.165, 1.54) is 4.68 Å². The molecule has 112 valence electrons. The summed E-state index contributed by atoms with van der Waals surface area (Å²) >= 11 is 0. The summed E-state index contributed by atoms with van der Waals surface area (Å²) in [6.07, 6.45) is 5.11. The highest BCUT2D eigenvalue weighted by Gasteiger charge is 2.13. The van der Waals surface area contributed by atoms with Crippen LogP contribution in [0.5, 0.6) is 0 Å². The van der Waals surface area contributed by atoms with Crippen molar-refractivity contribution in [2.24, 2.45) is 0 Å². The van der Waals surface area contributed by atoms with Crippen molar-refractivity contribution < 1.29 is 4.42 Å². The summed E-state index contributed by atoms with van der Waals surface area (Å²) in [6.45, 7) is 0.319. The molecule has 0 spiro atoms. The van der Waals surface area contributed by atoms with Gasteiger partial charge in [-0.1, -0.05) is 18.2 Å². The Morgan fingerprint density at radius 2 is 1.96 bits per heavy atom. The zero-order valence-electron chi connectivity index (χ0n) is 12.1. The lowest BCUT2D eigenvalue weighted by Crippen LogP contribution is -2.16. The summed E-state index contributed by atoms with van der Waals surface area (Å²) in [6, 6.07) is 13.1. The van der Waals surface area contributed by atoms with Gasteiger partial charge in [0.2, 0.25) is 5.89 Å². The Kier molecular flexibility index (Phi) is 3.20. The maximum absolute atomic E-state index is 12.1. The number of hydrogen-bond acceptors (Lipinski definition) is 5. The molecule has 0 aliphatic rings. The van der Waals surface area contributed by atoms with Crippen molar-refractivity contribution in [3.63, 3.8) is 0 Å². The third kappa shape index (κ3) is 2.50. The van der Waals surface area contributed by atoms with E-state index in [1.807, 2.05) is 42.5 Å². The standard InChI is InChI=1S/C17H12N4O2/c22-17-21(11-12-4-2-8-18-10-12)20-16(23-17)14-5-1-7-15-13(14)6-3-9-19-15/h1-10H,11H2. The van der Waals surface area contributed by atoms with Crippen LogP contribution in [0, 0.1) is 0 Å². The monoisotopic (exact) mass is 304 g/mol. The zero-order valence-corrected chi connectivity index (χ0v) is 12.1. The van der Waals surface area contributed by atoms with Gasteiger partial charge in [0, 0.05) is 29.5 Å². The summed E-state index contributed by atoms with van der Waals surface area (Å²) in [4.78, 5) is 20.4. The molecule has 23 heavy (non-hydrogen) atoms. The lowest BCUT2D eigenvalue weighted by Gasteiger charge is -2.01. The second kappa shape index (κ2) is 5.49. The van der Waals surface area contributed by atoms with Crippen LogP contribution in [0.3, 0.4) is 0 Å². The number of hydrogen-bond donors (Lipinski definition) is 0. The van der Waals surface area contributed by atoms with Crippen LogP contribution in [0.15, 0.2) is 70.3 Å². The Bertz CT molecular complexity index is 1020. The highest BCUT2D eigenvalue weighted by Crippen LogP contribution is 2.25. The van der Waals surface area contributed by atoms with E-state index in [-0.39, 0.29) is 5.89 Å². The van der Waals surface area contributed by atoms with Gasteiger partial charge in [-0.05, 0) is 29.8 Å². The fourth-order valence-electron chi connectivity index (χ4n) is 2.47. The normalized spacial score (nSPS) is 11.0. The van der Waals surface area contributed by atoms with Crippen LogP contribution in [0.2, 0.25) is 0 Å². The molecule has 0 bridgehead atoms. The van der Waals surface area contributed by atoms with Crippen LogP contribution in [0.1, 0.15) is 5.56 Å². The van der Waals surface area contributed by atoms with Gasteiger partial charge in [0.25, 0.3) is 0 Å². The molecule has 4 aromatic rings. The number of fused-ring (bicyclic) bond motifs is 1. The lowest BCUT2D eigenvalue weighted by molar-refractivity contribution is 0.495. The van der Waals surface area contributed by atoms with Crippen molar-refractivity contribution in [3.8, 4) is 11.5 Å². The van der Waals surface area contributed by atoms with E-state index < -0.39 is 5.76 Å². The molecule has 0 radical (unpaired) electrons. The van der Waals surface area contributed by atoms with Gasteiger partial charge < -0.3 is 4.42 Å². The highest BCUT2D eigenvalue weighted by molar-refractivity contribution is 5.92. The Hall–Kier alpha value is -3.28. The van der Waals surface area contributed by atoms with Crippen molar-refractivity contribution in [1.29, 1.82) is 0 Å². The molecule has 0 atom stereocenters. The summed E-state index contributed by atoms with van der Waals surface area (Å²) in [5.41, 5.74) is 2.46. The minimum atomic E-state index is -0.496. The molecule has 0 saturated heterocycles. The molecule has 3 aromatic heterocycles. The summed E-state index contributed by atoms with van der Waals surface area (Å²) in [5, 5.41) is 5.20. The molecule has 0 unspecified atom stereocenters. The number of benzene rings is 1. The predicted octanol–water partition coefficient (Wildman–Crippen LogP) is 2.49. The van der Waals surface area contributed by atoms with Crippen LogP contribution in [0.25, 0.3) is 22.4 Å². The van der Waals surface area contributed by atoms with Crippen LogP contribution in [0.4, 0.5) is 0 Å². The third-order valence-corrected chi connectivity index (χ3v) is 3.54. The largest absolute Gasteiger partial charge is 0.437 e. The second-order valence-electron chi connectivity index (χ2n) is 5.07. The lowest BCUT2D eigenvalue weighted by atomic mass is 10.1. The molecular weight excluding hydrogens is 292 g/mol. The smallest absolute Gasteiger partial charge is 0.388 e. The topological polar surface area (TPSA) is 73.8 Å². The van der Waals surface area contributed by atoms with E-state index in [2.05, 4.69) is 15.1 Å². The molecule has 0 N–H and O–H groups in total. The van der Waals surface area contributed by atoms with E-state index in [9.17, 15) is 4.79 Å². The van der Waals surface area contributed by atoms with Gasteiger partial charge >= 0.3 is 5.76 Å². The summed E-state index contributed by atoms with van der Waals surface area (Å²) < 4.78 is 6.62. The molecule has 3 heterocycles. The highest BCUT2D eigenvalue weighted by atomic mass is 16.4. The van der Waals surface area contributed by atoms with Crippen LogP contribution < -0.4 is 5.76 Å². The number of rotatable bonds is 3. The molecule has 0 fully saturated rings. The van der Waals surface area contributed by atoms with Crippen molar-refractivity contribution in [2.75, 3.05) is 0 Å². The zero-order chi connectivity index (χ0) is 15.6. The minimum Gasteiger partial charge on any atom is -0.388 e. The third-order valence-electron chi connectivity index (χ3n) is 3.54. The first-order valence-electron chi connectivity index (χ1n) is 7.12. The maximum Gasteiger partial charge on any atom is 0.437 e. The van der Waals surface area contributed by atoms with Gasteiger partial charge in [-0.3, -0.25) is 9.97 Å². The second-order valence-corrected chi connectivity index (χ2v) is 5.07. The number of aromatic nitrogens is 4. The van der Waals surface area contributed by atoms with Crippen LogP contribution in [-0.4, -0.2) is 19.7 Å². The first-order chi connectivity index (χ1) is 11.3. The van der Waals surface area contributed by atoms with E-state index in [4.69, 9.17) is 4.42 Å². The van der Waals surface area contributed by atoms with Gasteiger partial charge in [0.15, 0.2) is 0 Å². The van der Waals surface area contributed by atoms with Crippen LogP contribution >= 0.6 is 0 Å². The van der Waals surface area contributed by atoms with Crippen molar-refractivity contribution in [1.82, 2.24) is 19.7 Å². The number of pyridine rings is 2. The average Bonchev–Trinajstić information content (AvgIpc) is 2.96. The van der Waals surface area contributed by atoms with Crippen LogP contribution in [-0.2, 0) is 6.54 Å². The fourth-order valence-corrected chi connectivity index (χ4v) is 2.47. The van der Waals surface area contributed by atoms with Gasteiger partial charge in [-0.15, -0.1) is 5.10 Å². The quantitative estimate of drug-likeness (QED) is 0.581. The number of nitrogens with zero attached hydrogens (tertiary/aromatic N) is 4. The molecule has 0 saturated carbocycles. The van der Waals surface area contributed by atoms with Gasteiger partial charge in [0.1, 0.15) is 0 Å². The first-order valence-corrected chi connectivity index (χ1v) is 7.12. The van der Waals surface area contributed by atoms with Gasteiger partial charge in [0.05, 0.1) is 12.1 Å². The Morgan fingerprint density at radius 1 is 1.04 bits per heavy atom. The molecule has 0 amide bonds. The SMILES string of the molecule is O=c1oc(-c2cccc3ncccc23)nn1Cc1cccnc1. The molecule has 4 rings (SSSR count). The van der Waals surface area contributed by atoms with Gasteiger partial charge in [-0.2, -0.15) is 4.68 Å². The van der Waals surface area contributed by atoms with Crippen molar-refractivity contribution in [3.05, 3.63) is 77.2 Å². The molecule has 6 nitrogen and oxygen atoms in total. The minimum absolute atomic E-state index is 0.289. The Morgan fingerprint density at radius 3 is 2.83 bits per heavy atom. The molecule has 0 aliphatic heterocycles.